The molecular weight excluding hydrogens is 292 g/mol. The number of benzene rings is 1. The molecule has 0 N–H and O–H groups in total. The van der Waals surface area contributed by atoms with Gasteiger partial charge in [0.2, 0.25) is 0 Å². The van der Waals surface area contributed by atoms with Crippen molar-refractivity contribution in [3.05, 3.63) is 41.4 Å². The van der Waals surface area contributed by atoms with Crippen molar-refractivity contribution >= 4 is 16.7 Å². The van der Waals surface area contributed by atoms with E-state index < -0.39 is 0 Å². The highest BCUT2D eigenvalue weighted by Gasteiger charge is 2.28. The van der Waals surface area contributed by atoms with Gasteiger partial charge in [0.1, 0.15) is 17.5 Å². The Morgan fingerprint density at radius 1 is 1.32 bits per heavy atom. The number of thioether (sulfide) groups is 1. The first-order valence-corrected chi connectivity index (χ1v) is 8.99. The Kier molecular flexibility index (Phi) is 2.71. The maximum absolute atomic E-state index is 5.93. The molecule has 5 rings (SSSR count). The maximum Gasteiger partial charge on any atom is 0.123 e. The molecular formula is C18H18N2OS. The van der Waals surface area contributed by atoms with Crippen LogP contribution in [0.2, 0.25) is 0 Å². The zero-order chi connectivity index (χ0) is 14.7. The van der Waals surface area contributed by atoms with Crippen LogP contribution in [0.15, 0.2) is 24.5 Å². The van der Waals surface area contributed by atoms with Gasteiger partial charge in [-0.1, -0.05) is 6.08 Å². The van der Waals surface area contributed by atoms with E-state index in [0.29, 0.717) is 6.10 Å². The van der Waals surface area contributed by atoms with Crippen molar-refractivity contribution in [3.63, 3.8) is 0 Å². The smallest absolute Gasteiger partial charge is 0.123 e. The van der Waals surface area contributed by atoms with E-state index in [1.807, 2.05) is 18.1 Å². The largest absolute Gasteiger partial charge is 0.490 e. The fourth-order valence-electron chi connectivity index (χ4n) is 3.77. The van der Waals surface area contributed by atoms with Crippen LogP contribution < -0.4 is 4.74 Å². The molecule has 3 aliphatic heterocycles. The molecule has 1 aromatic carbocycles. The van der Waals surface area contributed by atoms with Gasteiger partial charge < -0.3 is 9.30 Å². The average molecular weight is 310 g/mol. The monoisotopic (exact) mass is 310 g/mol. The van der Waals surface area contributed by atoms with Crippen molar-refractivity contribution in [1.29, 1.82) is 0 Å². The molecule has 4 heteroatoms. The van der Waals surface area contributed by atoms with Crippen LogP contribution in [0, 0.1) is 0 Å². The number of allylic oxidation sites excluding steroid dienone is 1. The van der Waals surface area contributed by atoms with Crippen LogP contribution in [0.1, 0.15) is 30.2 Å². The van der Waals surface area contributed by atoms with Gasteiger partial charge in [0.25, 0.3) is 0 Å². The molecule has 3 nitrogen and oxygen atoms in total. The summed E-state index contributed by atoms with van der Waals surface area (Å²) in [6.07, 6.45) is 7.89. The molecule has 0 spiro atoms. The second-order valence-corrected chi connectivity index (χ2v) is 7.48. The highest BCUT2D eigenvalue weighted by molar-refractivity contribution is 8.08. The van der Waals surface area contributed by atoms with E-state index in [1.54, 1.807) is 0 Å². The minimum Gasteiger partial charge on any atom is -0.490 e. The summed E-state index contributed by atoms with van der Waals surface area (Å²) in [7, 11) is 0. The Morgan fingerprint density at radius 3 is 3.14 bits per heavy atom. The summed E-state index contributed by atoms with van der Waals surface area (Å²) in [4.78, 5) is 6.08. The minimum absolute atomic E-state index is 0.302. The lowest BCUT2D eigenvalue weighted by atomic mass is 9.93. The molecule has 1 atom stereocenters. The number of nitrogens with zero attached hydrogens (tertiary/aromatic N) is 2. The van der Waals surface area contributed by atoms with Gasteiger partial charge in [0, 0.05) is 29.2 Å². The quantitative estimate of drug-likeness (QED) is 0.799. The van der Waals surface area contributed by atoms with Crippen LogP contribution in [-0.4, -0.2) is 21.4 Å². The van der Waals surface area contributed by atoms with E-state index in [1.165, 1.54) is 38.7 Å². The highest BCUT2D eigenvalue weighted by atomic mass is 32.2. The molecule has 22 heavy (non-hydrogen) atoms. The Hall–Kier alpha value is -1.68. The van der Waals surface area contributed by atoms with Gasteiger partial charge in [0.05, 0.1) is 12.0 Å². The van der Waals surface area contributed by atoms with E-state index in [2.05, 4.69) is 29.7 Å². The number of ether oxygens (including phenoxy) is 1. The summed E-state index contributed by atoms with van der Waals surface area (Å²) in [6, 6.07) is 4.62. The molecule has 0 radical (unpaired) electrons. The second-order valence-electron chi connectivity index (χ2n) is 6.34. The summed E-state index contributed by atoms with van der Waals surface area (Å²) >= 11 is 1.93. The number of aryl methyl sites for hydroxylation is 2. The third-order valence-corrected chi connectivity index (χ3v) is 5.89. The highest BCUT2D eigenvalue weighted by Crippen LogP contribution is 2.43. The molecule has 0 saturated heterocycles. The normalized spacial score (nSPS) is 21.9. The Bertz CT molecular complexity index is 806. The van der Waals surface area contributed by atoms with Gasteiger partial charge in [-0.2, -0.15) is 0 Å². The SMILES string of the molecule is CC1Cc2cc3c(cc2O1)CCn1cnc(C2=CCCS2)c1-3. The summed E-state index contributed by atoms with van der Waals surface area (Å²) in [5.74, 6) is 2.28. The maximum atomic E-state index is 5.93. The first kappa shape index (κ1) is 12.8. The van der Waals surface area contributed by atoms with Crippen LogP contribution in [0.5, 0.6) is 5.75 Å². The van der Waals surface area contributed by atoms with E-state index in [4.69, 9.17) is 9.72 Å². The lowest BCUT2D eigenvalue weighted by molar-refractivity contribution is 0.254. The van der Waals surface area contributed by atoms with Crippen molar-refractivity contribution in [2.75, 3.05) is 5.75 Å². The third kappa shape index (κ3) is 1.80. The topological polar surface area (TPSA) is 27.1 Å². The molecule has 1 unspecified atom stereocenters. The summed E-state index contributed by atoms with van der Waals surface area (Å²) in [6.45, 7) is 3.16. The molecule has 0 fully saturated rings. The zero-order valence-electron chi connectivity index (χ0n) is 12.6. The Morgan fingerprint density at radius 2 is 2.27 bits per heavy atom. The molecule has 2 aromatic rings. The van der Waals surface area contributed by atoms with Crippen molar-refractivity contribution < 1.29 is 4.74 Å². The van der Waals surface area contributed by atoms with Gasteiger partial charge >= 0.3 is 0 Å². The zero-order valence-corrected chi connectivity index (χ0v) is 13.4. The second kappa shape index (κ2) is 4.66. The summed E-state index contributed by atoms with van der Waals surface area (Å²) < 4.78 is 8.26. The minimum atomic E-state index is 0.302. The van der Waals surface area contributed by atoms with Gasteiger partial charge in [-0.05, 0) is 43.0 Å². The fraction of sp³-hybridized carbons (Fsp3) is 0.389. The van der Waals surface area contributed by atoms with Crippen LogP contribution in [0.4, 0.5) is 0 Å². The first-order valence-electron chi connectivity index (χ1n) is 8.01. The predicted octanol–water partition coefficient (Wildman–Crippen LogP) is 3.91. The summed E-state index contributed by atoms with van der Waals surface area (Å²) in [5, 5.41) is 0. The standard InChI is InChI=1S/C18H18N2OS/c1-11-7-13-8-14-12(9-15(13)21-11)4-5-20-10-19-17(18(14)20)16-3-2-6-22-16/h3,8-11H,2,4-7H2,1H3. The van der Waals surface area contributed by atoms with E-state index in [0.717, 1.165) is 31.6 Å². The third-order valence-electron chi connectivity index (χ3n) is 4.78. The van der Waals surface area contributed by atoms with Crippen molar-refractivity contribution in [1.82, 2.24) is 9.55 Å². The summed E-state index contributed by atoms with van der Waals surface area (Å²) in [5.41, 5.74) is 6.61. The number of fused-ring (bicyclic) bond motifs is 4. The van der Waals surface area contributed by atoms with E-state index in [9.17, 15) is 0 Å². The molecule has 0 amide bonds. The number of imidazole rings is 1. The van der Waals surface area contributed by atoms with Gasteiger partial charge in [0.15, 0.2) is 0 Å². The lowest BCUT2D eigenvalue weighted by Gasteiger charge is -2.21. The number of hydrogen-bond acceptors (Lipinski definition) is 3. The van der Waals surface area contributed by atoms with Crippen molar-refractivity contribution in [2.45, 2.75) is 38.8 Å². The van der Waals surface area contributed by atoms with E-state index in [-0.39, 0.29) is 0 Å². The van der Waals surface area contributed by atoms with Crippen LogP contribution >= 0.6 is 11.8 Å². The number of rotatable bonds is 1. The first-order chi connectivity index (χ1) is 10.8. The Balaban J connectivity index is 1.70. The van der Waals surface area contributed by atoms with Crippen LogP contribution in [0.25, 0.3) is 16.2 Å². The molecule has 1 aromatic heterocycles. The Labute approximate surface area is 134 Å². The molecule has 0 saturated carbocycles. The molecule has 0 bridgehead atoms. The molecule has 4 heterocycles. The fourth-order valence-corrected chi connectivity index (χ4v) is 4.75. The van der Waals surface area contributed by atoms with Gasteiger partial charge in [-0.15, -0.1) is 11.8 Å². The van der Waals surface area contributed by atoms with E-state index >= 15 is 0 Å². The molecule has 0 aliphatic carbocycles. The van der Waals surface area contributed by atoms with Crippen molar-refractivity contribution in [3.8, 4) is 17.0 Å². The average Bonchev–Trinajstić information content (AvgIpc) is 3.22. The molecule has 3 aliphatic rings. The lowest BCUT2D eigenvalue weighted by Crippen LogP contribution is -2.10. The predicted molar refractivity (Wildman–Crippen MR) is 90.2 cm³/mol. The van der Waals surface area contributed by atoms with Crippen LogP contribution in [0.3, 0.4) is 0 Å². The van der Waals surface area contributed by atoms with Crippen molar-refractivity contribution in [2.24, 2.45) is 0 Å². The van der Waals surface area contributed by atoms with Gasteiger partial charge in [-0.3, -0.25) is 0 Å². The number of hydrogen-bond donors (Lipinski definition) is 0. The van der Waals surface area contributed by atoms with Crippen LogP contribution in [-0.2, 0) is 19.4 Å². The van der Waals surface area contributed by atoms with Gasteiger partial charge in [-0.25, -0.2) is 4.98 Å². The number of aromatic nitrogens is 2. The molecule has 112 valence electrons.